The van der Waals surface area contributed by atoms with Crippen LogP contribution in [0, 0.1) is 0 Å². The van der Waals surface area contributed by atoms with Gasteiger partial charge >= 0.3 is 0 Å². The Hall–Kier alpha value is -0.200. The summed E-state index contributed by atoms with van der Waals surface area (Å²) in [6.45, 7) is 2.10. The van der Waals surface area contributed by atoms with Crippen LogP contribution in [0.25, 0.3) is 0 Å². The van der Waals surface area contributed by atoms with Crippen molar-refractivity contribution in [1.82, 2.24) is 9.78 Å². The second-order valence-corrected chi connectivity index (χ2v) is 4.62. The predicted molar refractivity (Wildman–Crippen MR) is 60.2 cm³/mol. The van der Waals surface area contributed by atoms with Crippen LogP contribution >= 0.6 is 31.9 Å². The lowest BCUT2D eigenvalue weighted by Crippen LogP contribution is -2.25. The molecule has 6 heteroatoms. The topological polar surface area (TPSA) is 55.1 Å². The summed E-state index contributed by atoms with van der Waals surface area (Å²) >= 11 is 6.34. The molecule has 0 amide bonds. The van der Waals surface area contributed by atoms with Crippen LogP contribution in [0.4, 0.5) is 0 Å². The van der Waals surface area contributed by atoms with Crippen LogP contribution in [0.5, 0.6) is 0 Å². The number of hydrogen-bond acceptors (Lipinski definition) is 3. The van der Waals surface area contributed by atoms with E-state index in [2.05, 4.69) is 37.0 Å². The Balaban J connectivity index is 2.89. The molecule has 4 nitrogen and oxygen atoms in total. The number of aryl methyl sites for hydroxylation is 1. The average molecular weight is 326 g/mol. The lowest BCUT2D eigenvalue weighted by molar-refractivity contribution is 0.175. The summed E-state index contributed by atoms with van der Waals surface area (Å²) in [7, 11) is 0. The van der Waals surface area contributed by atoms with Crippen molar-refractivity contribution in [2.75, 3.05) is 0 Å². The van der Waals surface area contributed by atoms with Gasteiger partial charge in [0, 0.05) is 6.54 Å². The van der Waals surface area contributed by atoms with Crippen molar-refractivity contribution < 1.29 is 5.11 Å². The van der Waals surface area contributed by atoms with Crippen LogP contribution in [0.15, 0.2) is 19.9 Å². The van der Waals surface area contributed by atoms with Crippen LogP contribution in [-0.4, -0.2) is 21.0 Å². The molecule has 0 aliphatic carbocycles. The molecule has 0 bridgehead atoms. The second kappa shape index (κ2) is 5.04. The highest BCUT2D eigenvalue weighted by molar-refractivity contribution is 9.13. The lowest BCUT2D eigenvalue weighted by atomic mass is 10.3. The van der Waals surface area contributed by atoms with E-state index >= 15 is 0 Å². The van der Waals surface area contributed by atoms with E-state index < -0.39 is 6.10 Å². The monoisotopic (exact) mass is 324 g/mol. The maximum Gasteiger partial charge on any atom is 0.282 e. The molecule has 0 spiro atoms. The average Bonchev–Trinajstić information content (AvgIpc) is 2.13. The van der Waals surface area contributed by atoms with Crippen molar-refractivity contribution in [2.24, 2.45) is 0 Å². The highest BCUT2D eigenvalue weighted by Gasteiger charge is 2.06. The normalized spacial score (nSPS) is 12.9. The summed E-state index contributed by atoms with van der Waals surface area (Å²) < 4.78 is 2.41. The Labute approximate surface area is 98.2 Å². The highest BCUT2D eigenvalue weighted by atomic mass is 79.9. The van der Waals surface area contributed by atoms with Crippen molar-refractivity contribution in [3.63, 3.8) is 0 Å². The van der Waals surface area contributed by atoms with Crippen molar-refractivity contribution in [2.45, 2.75) is 26.0 Å². The van der Waals surface area contributed by atoms with Crippen LogP contribution < -0.4 is 5.56 Å². The number of aliphatic hydroxyl groups excluding tert-OH is 1. The molecule has 0 fully saturated rings. The number of aromatic nitrogens is 2. The van der Waals surface area contributed by atoms with Gasteiger partial charge in [0.25, 0.3) is 5.56 Å². The maximum atomic E-state index is 11.5. The summed E-state index contributed by atoms with van der Waals surface area (Å²) in [6.07, 6.45) is 1.64. The van der Waals surface area contributed by atoms with Gasteiger partial charge in [-0.3, -0.25) is 4.79 Å². The van der Waals surface area contributed by atoms with Gasteiger partial charge in [0.2, 0.25) is 0 Å². The number of aliphatic hydroxyl groups is 1. The minimum Gasteiger partial charge on any atom is -0.393 e. The lowest BCUT2D eigenvalue weighted by Gasteiger charge is -2.06. The van der Waals surface area contributed by atoms with Crippen LogP contribution in [0.2, 0.25) is 0 Å². The third-order valence-electron chi connectivity index (χ3n) is 1.70. The summed E-state index contributed by atoms with van der Waals surface area (Å²) in [6, 6.07) is 0. The Morgan fingerprint density at radius 3 is 2.86 bits per heavy atom. The third-order valence-corrected chi connectivity index (χ3v) is 3.60. The molecule has 0 saturated heterocycles. The first kappa shape index (κ1) is 11.9. The van der Waals surface area contributed by atoms with Gasteiger partial charge in [-0.15, -0.1) is 0 Å². The van der Waals surface area contributed by atoms with Gasteiger partial charge in [-0.1, -0.05) is 0 Å². The summed E-state index contributed by atoms with van der Waals surface area (Å²) in [5.41, 5.74) is -0.194. The van der Waals surface area contributed by atoms with E-state index in [9.17, 15) is 4.79 Å². The minimum atomic E-state index is -0.425. The zero-order valence-corrected chi connectivity index (χ0v) is 10.7. The molecular weight excluding hydrogens is 316 g/mol. The molecule has 78 valence electrons. The molecule has 0 aliphatic rings. The molecule has 14 heavy (non-hydrogen) atoms. The fraction of sp³-hybridized carbons (Fsp3) is 0.500. The van der Waals surface area contributed by atoms with Crippen molar-refractivity contribution in [3.05, 3.63) is 25.5 Å². The predicted octanol–water partition coefficient (Wildman–Crippen LogP) is 1.54. The van der Waals surface area contributed by atoms with Crippen molar-refractivity contribution in [3.8, 4) is 0 Å². The van der Waals surface area contributed by atoms with Gasteiger partial charge in [-0.25, -0.2) is 4.68 Å². The molecule has 0 saturated carbocycles. The largest absolute Gasteiger partial charge is 0.393 e. The first-order chi connectivity index (χ1) is 6.52. The van der Waals surface area contributed by atoms with E-state index in [1.807, 2.05) is 0 Å². The van der Waals surface area contributed by atoms with Crippen molar-refractivity contribution >= 4 is 31.9 Å². The summed E-state index contributed by atoms with van der Waals surface area (Å²) in [5.74, 6) is 0. The molecule has 1 aromatic heterocycles. The summed E-state index contributed by atoms with van der Waals surface area (Å²) in [5, 5.41) is 13.0. The molecule has 1 unspecified atom stereocenters. The van der Waals surface area contributed by atoms with Gasteiger partial charge in [0.1, 0.15) is 4.47 Å². The summed E-state index contributed by atoms with van der Waals surface area (Å²) in [4.78, 5) is 11.5. The van der Waals surface area contributed by atoms with E-state index in [-0.39, 0.29) is 5.56 Å². The number of nitrogens with zero attached hydrogens (tertiary/aromatic N) is 2. The molecule has 0 aliphatic heterocycles. The van der Waals surface area contributed by atoms with Gasteiger partial charge in [0.05, 0.1) is 16.8 Å². The van der Waals surface area contributed by atoms with E-state index in [0.717, 1.165) is 0 Å². The standard InChI is InChI=1S/C8H10Br2N2O2/c1-5(13)2-3-12-8(14)7(10)6(9)4-11-12/h4-5,13H,2-3H2,1H3. The maximum absolute atomic E-state index is 11.5. The van der Waals surface area contributed by atoms with Gasteiger partial charge in [0.15, 0.2) is 0 Å². The fourth-order valence-corrected chi connectivity index (χ4v) is 1.48. The fourth-order valence-electron chi connectivity index (χ4n) is 0.913. The number of rotatable bonds is 3. The van der Waals surface area contributed by atoms with E-state index in [1.165, 1.54) is 4.68 Å². The van der Waals surface area contributed by atoms with Crippen LogP contribution in [0.1, 0.15) is 13.3 Å². The molecule has 1 aromatic rings. The Bertz CT molecular complexity index is 376. The van der Waals surface area contributed by atoms with Gasteiger partial charge in [-0.2, -0.15) is 5.10 Å². The van der Waals surface area contributed by atoms with Gasteiger partial charge in [-0.05, 0) is 45.2 Å². The number of hydrogen-bond donors (Lipinski definition) is 1. The first-order valence-corrected chi connectivity index (χ1v) is 5.70. The number of halogens is 2. The first-order valence-electron chi connectivity index (χ1n) is 4.11. The molecular formula is C8H10Br2N2O2. The molecule has 0 aromatic carbocycles. The van der Waals surface area contributed by atoms with Crippen molar-refractivity contribution in [1.29, 1.82) is 0 Å². The van der Waals surface area contributed by atoms with Gasteiger partial charge < -0.3 is 5.11 Å². The van der Waals surface area contributed by atoms with Crippen LogP contribution in [-0.2, 0) is 6.54 Å². The Kier molecular flexibility index (Phi) is 4.28. The van der Waals surface area contributed by atoms with E-state index in [4.69, 9.17) is 5.11 Å². The zero-order chi connectivity index (χ0) is 10.7. The Morgan fingerprint density at radius 1 is 1.64 bits per heavy atom. The molecule has 1 rings (SSSR count). The van der Waals surface area contributed by atoms with E-state index in [0.29, 0.717) is 21.9 Å². The highest BCUT2D eigenvalue weighted by Crippen LogP contribution is 2.16. The third kappa shape index (κ3) is 2.90. The molecule has 1 heterocycles. The minimum absolute atomic E-state index is 0.194. The van der Waals surface area contributed by atoms with E-state index in [1.54, 1.807) is 13.1 Å². The SMILES string of the molecule is CC(O)CCn1ncc(Br)c(Br)c1=O. The quantitative estimate of drug-likeness (QED) is 0.917. The molecule has 1 atom stereocenters. The smallest absolute Gasteiger partial charge is 0.282 e. The molecule has 1 N–H and O–H groups in total. The molecule has 0 radical (unpaired) electrons. The van der Waals surface area contributed by atoms with Crippen LogP contribution in [0.3, 0.4) is 0 Å². The Morgan fingerprint density at radius 2 is 2.29 bits per heavy atom. The zero-order valence-electron chi connectivity index (χ0n) is 7.57. The second-order valence-electron chi connectivity index (χ2n) is 2.97.